The lowest BCUT2D eigenvalue weighted by atomic mass is 10.0. The topological polar surface area (TPSA) is 30.5 Å². The number of nitrogens with one attached hydrogen (secondary N) is 1. The zero-order valence-electron chi connectivity index (χ0n) is 12.6. The fourth-order valence-electron chi connectivity index (χ4n) is 2.55. The van der Waals surface area contributed by atoms with E-state index in [4.69, 9.17) is 9.47 Å². The van der Waals surface area contributed by atoms with Gasteiger partial charge in [0.15, 0.2) is 0 Å². The van der Waals surface area contributed by atoms with Crippen LogP contribution in [0.1, 0.15) is 37.7 Å². The standard InChI is InChI=1S/C17H27NO2/c1-15-6-4-8-17(14-15)20-12-5-11-19-13-9-16-7-2-3-10-18-16/h4,6,8,14,16,18H,2-3,5,7,9-13H2,1H3. The molecule has 2 rings (SSSR count). The first-order valence-electron chi connectivity index (χ1n) is 7.85. The van der Waals surface area contributed by atoms with Crippen LogP contribution in [0.15, 0.2) is 24.3 Å². The van der Waals surface area contributed by atoms with Gasteiger partial charge in [-0.05, 0) is 50.4 Å². The smallest absolute Gasteiger partial charge is 0.119 e. The van der Waals surface area contributed by atoms with Gasteiger partial charge in [0, 0.05) is 25.7 Å². The van der Waals surface area contributed by atoms with Gasteiger partial charge < -0.3 is 14.8 Å². The van der Waals surface area contributed by atoms with Crippen LogP contribution in [0.4, 0.5) is 0 Å². The van der Waals surface area contributed by atoms with E-state index in [1.165, 1.54) is 31.4 Å². The summed E-state index contributed by atoms with van der Waals surface area (Å²) in [4.78, 5) is 0. The van der Waals surface area contributed by atoms with Gasteiger partial charge in [-0.2, -0.15) is 0 Å². The van der Waals surface area contributed by atoms with Gasteiger partial charge in [-0.25, -0.2) is 0 Å². The highest BCUT2D eigenvalue weighted by atomic mass is 16.5. The Labute approximate surface area is 122 Å². The third-order valence-electron chi connectivity index (χ3n) is 3.71. The molecule has 112 valence electrons. The second-order valence-corrected chi connectivity index (χ2v) is 5.57. The van der Waals surface area contributed by atoms with Crippen molar-refractivity contribution < 1.29 is 9.47 Å². The van der Waals surface area contributed by atoms with E-state index < -0.39 is 0 Å². The SMILES string of the molecule is Cc1cccc(OCCCOCCC2CCCCN2)c1. The molecule has 1 fully saturated rings. The molecule has 1 heterocycles. The van der Waals surface area contributed by atoms with Gasteiger partial charge in [-0.3, -0.25) is 0 Å². The molecule has 0 radical (unpaired) electrons. The van der Waals surface area contributed by atoms with E-state index in [0.717, 1.165) is 38.4 Å². The Kier molecular flexibility index (Phi) is 6.89. The Hall–Kier alpha value is -1.06. The minimum absolute atomic E-state index is 0.673. The van der Waals surface area contributed by atoms with Crippen LogP contribution in [0.25, 0.3) is 0 Å². The minimum Gasteiger partial charge on any atom is -0.493 e. The molecule has 1 unspecified atom stereocenters. The molecule has 1 saturated heterocycles. The Morgan fingerprint density at radius 1 is 1.20 bits per heavy atom. The van der Waals surface area contributed by atoms with Crippen molar-refractivity contribution >= 4 is 0 Å². The quantitative estimate of drug-likeness (QED) is 0.739. The number of rotatable bonds is 8. The molecule has 20 heavy (non-hydrogen) atoms. The normalized spacial score (nSPS) is 18.9. The number of hydrogen-bond acceptors (Lipinski definition) is 3. The first kappa shape index (κ1) is 15.3. The van der Waals surface area contributed by atoms with Crippen LogP contribution in [0.3, 0.4) is 0 Å². The molecule has 3 heteroatoms. The second kappa shape index (κ2) is 8.98. The average molecular weight is 277 g/mol. The Morgan fingerprint density at radius 2 is 2.15 bits per heavy atom. The van der Waals surface area contributed by atoms with E-state index in [1.807, 2.05) is 12.1 Å². The maximum atomic E-state index is 5.69. The van der Waals surface area contributed by atoms with Crippen LogP contribution < -0.4 is 10.1 Å². The van der Waals surface area contributed by atoms with Crippen LogP contribution in [-0.4, -0.2) is 32.4 Å². The van der Waals surface area contributed by atoms with Gasteiger partial charge in [0.2, 0.25) is 0 Å². The van der Waals surface area contributed by atoms with Crippen molar-refractivity contribution in [3.8, 4) is 5.75 Å². The highest BCUT2D eigenvalue weighted by Crippen LogP contribution is 2.12. The summed E-state index contributed by atoms with van der Waals surface area (Å²) >= 11 is 0. The third kappa shape index (κ3) is 5.93. The van der Waals surface area contributed by atoms with Gasteiger partial charge in [0.25, 0.3) is 0 Å². The Bertz CT molecular complexity index is 375. The summed E-state index contributed by atoms with van der Waals surface area (Å²) in [5.74, 6) is 0.955. The predicted octanol–water partition coefficient (Wildman–Crippen LogP) is 3.31. The second-order valence-electron chi connectivity index (χ2n) is 5.57. The molecule has 1 aliphatic heterocycles. The zero-order valence-corrected chi connectivity index (χ0v) is 12.6. The molecular weight excluding hydrogens is 250 g/mol. The summed E-state index contributed by atoms with van der Waals surface area (Å²) < 4.78 is 11.4. The molecular formula is C17H27NO2. The molecule has 1 aliphatic rings. The van der Waals surface area contributed by atoms with Crippen LogP contribution in [0.5, 0.6) is 5.75 Å². The van der Waals surface area contributed by atoms with E-state index in [-0.39, 0.29) is 0 Å². The predicted molar refractivity (Wildman–Crippen MR) is 82.4 cm³/mol. The Morgan fingerprint density at radius 3 is 2.95 bits per heavy atom. The first-order valence-corrected chi connectivity index (χ1v) is 7.85. The largest absolute Gasteiger partial charge is 0.493 e. The van der Waals surface area contributed by atoms with Gasteiger partial charge >= 0.3 is 0 Å². The number of hydrogen-bond donors (Lipinski definition) is 1. The van der Waals surface area contributed by atoms with Crippen LogP contribution >= 0.6 is 0 Å². The summed E-state index contributed by atoms with van der Waals surface area (Å²) in [6.07, 6.45) is 6.08. The molecule has 1 aromatic carbocycles. The van der Waals surface area contributed by atoms with Crippen molar-refractivity contribution in [3.05, 3.63) is 29.8 Å². The summed E-state index contributed by atoms with van der Waals surface area (Å²) in [6.45, 7) is 5.63. The number of piperidine rings is 1. The van der Waals surface area contributed by atoms with E-state index in [9.17, 15) is 0 Å². The van der Waals surface area contributed by atoms with Crippen molar-refractivity contribution in [1.82, 2.24) is 5.32 Å². The number of ether oxygens (including phenoxy) is 2. The van der Waals surface area contributed by atoms with Gasteiger partial charge in [-0.15, -0.1) is 0 Å². The highest BCUT2D eigenvalue weighted by Gasteiger charge is 2.11. The van der Waals surface area contributed by atoms with Crippen LogP contribution in [0.2, 0.25) is 0 Å². The lowest BCUT2D eigenvalue weighted by Crippen LogP contribution is -2.34. The van der Waals surface area contributed by atoms with Gasteiger partial charge in [0.05, 0.1) is 6.61 Å². The number of benzene rings is 1. The van der Waals surface area contributed by atoms with Crippen LogP contribution in [-0.2, 0) is 4.74 Å². The van der Waals surface area contributed by atoms with E-state index >= 15 is 0 Å². The summed E-state index contributed by atoms with van der Waals surface area (Å²) in [5.41, 5.74) is 1.23. The number of aryl methyl sites for hydroxylation is 1. The molecule has 1 N–H and O–H groups in total. The molecule has 0 bridgehead atoms. The van der Waals surface area contributed by atoms with Gasteiger partial charge in [0.1, 0.15) is 5.75 Å². The fourth-order valence-corrected chi connectivity index (χ4v) is 2.55. The minimum atomic E-state index is 0.673. The molecule has 0 saturated carbocycles. The lowest BCUT2D eigenvalue weighted by molar-refractivity contribution is 0.108. The summed E-state index contributed by atoms with van der Waals surface area (Å²) in [7, 11) is 0. The molecule has 1 atom stereocenters. The van der Waals surface area contributed by atoms with Crippen molar-refractivity contribution in [3.63, 3.8) is 0 Å². The van der Waals surface area contributed by atoms with E-state index in [0.29, 0.717) is 6.04 Å². The summed E-state index contributed by atoms with van der Waals surface area (Å²) in [6, 6.07) is 8.85. The van der Waals surface area contributed by atoms with Crippen molar-refractivity contribution in [1.29, 1.82) is 0 Å². The molecule has 0 spiro atoms. The molecule has 3 nitrogen and oxygen atoms in total. The fraction of sp³-hybridized carbons (Fsp3) is 0.647. The third-order valence-corrected chi connectivity index (χ3v) is 3.71. The Balaban J connectivity index is 1.45. The van der Waals surface area contributed by atoms with Gasteiger partial charge in [-0.1, -0.05) is 18.6 Å². The maximum absolute atomic E-state index is 5.69. The zero-order chi connectivity index (χ0) is 14.0. The highest BCUT2D eigenvalue weighted by molar-refractivity contribution is 5.27. The monoisotopic (exact) mass is 277 g/mol. The van der Waals surface area contributed by atoms with Crippen LogP contribution in [0, 0.1) is 6.92 Å². The molecule has 1 aromatic rings. The van der Waals surface area contributed by atoms with Crippen molar-refractivity contribution in [2.24, 2.45) is 0 Å². The first-order chi connectivity index (χ1) is 9.84. The van der Waals surface area contributed by atoms with Crippen molar-refractivity contribution in [2.75, 3.05) is 26.4 Å². The molecule has 0 amide bonds. The maximum Gasteiger partial charge on any atom is 0.119 e. The average Bonchev–Trinajstić information content (AvgIpc) is 2.47. The molecule has 0 aliphatic carbocycles. The lowest BCUT2D eigenvalue weighted by Gasteiger charge is -2.23. The van der Waals surface area contributed by atoms with Crippen molar-refractivity contribution in [2.45, 2.75) is 45.1 Å². The van der Waals surface area contributed by atoms with E-state index in [1.54, 1.807) is 0 Å². The summed E-state index contributed by atoms with van der Waals surface area (Å²) in [5, 5.41) is 3.54. The molecule has 0 aromatic heterocycles. The van der Waals surface area contributed by atoms with E-state index in [2.05, 4.69) is 24.4 Å².